The average molecular weight is 371 g/mol. The molecule has 2 aromatic heterocycles. The van der Waals surface area contributed by atoms with Gasteiger partial charge in [0.2, 0.25) is 5.91 Å². The number of nitrogens with one attached hydrogen (secondary N) is 1. The lowest BCUT2D eigenvalue weighted by atomic mass is 10.1. The predicted octanol–water partition coefficient (Wildman–Crippen LogP) is 1.59. The van der Waals surface area contributed by atoms with E-state index < -0.39 is 0 Å². The number of ether oxygens (including phenoxy) is 2. The van der Waals surface area contributed by atoms with Crippen LogP contribution in [0.2, 0.25) is 0 Å². The maximum absolute atomic E-state index is 12.3. The van der Waals surface area contributed by atoms with Crippen LogP contribution in [0.15, 0.2) is 40.8 Å². The molecule has 0 aliphatic carbocycles. The maximum atomic E-state index is 12.3. The number of carbonyl (C=O) groups excluding carboxylic acids is 1. The van der Waals surface area contributed by atoms with Gasteiger partial charge in [-0.2, -0.15) is 0 Å². The zero-order chi connectivity index (χ0) is 17.9. The summed E-state index contributed by atoms with van der Waals surface area (Å²) in [5.41, 5.74) is 0.853. The molecular weight excluding hydrogens is 354 g/mol. The van der Waals surface area contributed by atoms with Crippen molar-refractivity contribution in [2.75, 3.05) is 19.8 Å². The van der Waals surface area contributed by atoms with E-state index in [1.54, 1.807) is 6.07 Å². The van der Waals surface area contributed by atoms with E-state index in [9.17, 15) is 9.59 Å². The lowest BCUT2D eigenvalue weighted by molar-refractivity contribution is -0.121. The Morgan fingerprint density at radius 2 is 2.08 bits per heavy atom. The molecule has 1 aliphatic rings. The largest absolute Gasteiger partial charge is 0.486 e. The maximum Gasteiger partial charge on any atom is 0.262 e. The average Bonchev–Trinajstić information content (AvgIpc) is 3.13. The predicted molar refractivity (Wildman–Crippen MR) is 98.0 cm³/mol. The third-order valence-corrected chi connectivity index (χ3v) is 4.93. The number of benzene rings is 1. The smallest absolute Gasteiger partial charge is 0.262 e. The molecule has 8 heteroatoms. The van der Waals surface area contributed by atoms with Crippen molar-refractivity contribution in [3.8, 4) is 11.5 Å². The first-order valence-electron chi connectivity index (χ1n) is 8.28. The summed E-state index contributed by atoms with van der Waals surface area (Å²) in [6.45, 7) is 1.54. The zero-order valence-corrected chi connectivity index (χ0v) is 14.8. The Hall–Kier alpha value is -2.87. The molecule has 1 amide bonds. The fourth-order valence-electron chi connectivity index (χ4n) is 2.81. The van der Waals surface area contributed by atoms with Crippen LogP contribution in [0.3, 0.4) is 0 Å². The minimum atomic E-state index is -0.221. The van der Waals surface area contributed by atoms with Crippen LogP contribution >= 0.6 is 11.3 Å². The van der Waals surface area contributed by atoms with Gasteiger partial charge in [-0.25, -0.2) is 4.98 Å². The molecule has 0 atom stereocenters. The number of nitrogens with zero attached hydrogens (tertiary/aromatic N) is 2. The summed E-state index contributed by atoms with van der Waals surface area (Å²) in [6.07, 6.45) is 2.08. The van der Waals surface area contributed by atoms with Crippen LogP contribution in [0.4, 0.5) is 0 Å². The normalized spacial score (nSPS) is 12.9. The minimum absolute atomic E-state index is 0.0429. The van der Waals surface area contributed by atoms with Gasteiger partial charge in [-0.15, -0.1) is 11.3 Å². The number of carbonyl (C=O) groups is 1. The molecule has 0 bridgehead atoms. The molecule has 3 aromatic rings. The first kappa shape index (κ1) is 16.6. The van der Waals surface area contributed by atoms with Gasteiger partial charge in [-0.05, 0) is 35.6 Å². The Morgan fingerprint density at radius 1 is 1.23 bits per heavy atom. The van der Waals surface area contributed by atoms with E-state index in [2.05, 4.69) is 10.3 Å². The molecule has 1 aliphatic heterocycles. The molecule has 1 N–H and O–H groups in total. The Bertz CT molecular complexity index is 1010. The van der Waals surface area contributed by atoms with E-state index in [-0.39, 0.29) is 18.0 Å². The summed E-state index contributed by atoms with van der Waals surface area (Å²) in [7, 11) is 0. The van der Waals surface area contributed by atoms with Crippen molar-refractivity contribution >= 4 is 27.5 Å². The number of fused-ring (bicyclic) bond motifs is 2. The quantitative estimate of drug-likeness (QED) is 0.736. The van der Waals surface area contributed by atoms with Crippen molar-refractivity contribution in [2.24, 2.45) is 0 Å². The van der Waals surface area contributed by atoms with Crippen molar-refractivity contribution in [1.82, 2.24) is 14.9 Å². The Morgan fingerprint density at radius 3 is 2.96 bits per heavy atom. The highest BCUT2D eigenvalue weighted by Crippen LogP contribution is 2.30. The fourth-order valence-corrected chi connectivity index (χ4v) is 3.53. The molecule has 4 rings (SSSR count). The standard InChI is InChI=1S/C18H17N3O4S/c22-16(10-21-11-20-17-13(18(21)23)4-8-26-17)19-5-3-12-1-2-14-15(9-12)25-7-6-24-14/h1-2,4,8-9,11H,3,5-7,10H2,(H,19,22). The third-order valence-electron chi connectivity index (χ3n) is 4.11. The zero-order valence-electron chi connectivity index (χ0n) is 13.9. The van der Waals surface area contributed by atoms with Gasteiger partial charge in [0.25, 0.3) is 5.56 Å². The monoisotopic (exact) mass is 371 g/mol. The van der Waals surface area contributed by atoms with Crippen LogP contribution in [0.5, 0.6) is 11.5 Å². The molecule has 1 aromatic carbocycles. The van der Waals surface area contributed by atoms with Crippen molar-refractivity contribution in [1.29, 1.82) is 0 Å². The van der Waals surface area contributed by atoms with Crippen molar-refractivity contribution in [3.63, 3.8) is 0 Å². The van der Waals surface area contributed by atoms with E-state index in [4.69, 9.17) is 9.47 Å². The number of aromatic nitrogens is 2. The third kappa shape index (κ3) is 3.41. The molecule has 134 valence electrons. The number of amides is 1. The summed E-state index contributed by atoms with van der Waals surface area (Å²) in [5.74, 6) is 1.27. The van der Waals surface area contributed by atoms with Gasteiger partial charge in [-0.1, -0.05) is 6.07 Å². The number of hydrogen-bond acceptors (Lipinski definition) is 6. The summed E-state index contributed by atoms with van der Waals surface area (Å²) >= 11 is 1.41. The molecule has 7 nitrogen and oxygen atoms in total. The van der Waals surface area contributed by atoms with Gasteiger partial charge in [0.15, 0.2) is 11.5 Å². The van der Waals surface area contributed by atoms with Gasteiger partial charge >= 0.3 is 0 Å². The van der Waals surface area contributed by atoms with Crippen LogP contribution < -0.4 is 20.3 Å². The first-order chi connectivity index (χ1) is 12.7. The number of rotatable bonds is 5. The second-order valence-corrected chi connectivity index (χ2v) is 6.79. The van der Waals surface area contributed by atoms with Gasteiger partial charge in [-0.3, -0.25) is 14.2 Å². The Balaban J connectivity index is 1.34. The van der Waals surface area contributed by atoms with Gasteiger partial charge in [0, 0.05) is 6.54 Å². The first-order valence-corrected chi connectivity index (χ1v) is 9.16. The Kier molecular flexibility index (Phi) is 4.57. The molecule has 0 saturated heterocycles. The summed E-state index contributed by atoms with van der Waals surface area (Å²) < 4.78 is 12.4. The van der Waals surface area contributed by atoms with Crippen molar-refractivity contribution in [2.45, 2.75) is 13.0 Å². The molecule has 0 saturated carbocycles. The van der Waals surface area contributed by atoms with Gasteiger partial charge < -0.3 is 14.8 Å². The minimum Gasteiger partial charge on any atom is -0.486 e. The molecule has 26 heavy (non-hydrogen) atoms. The van der Waals surface area contributed by atoms with Crippen LogP contribution in [-0.4, -0.2) is 35.2 Å². The highest BCUT2D eigenvalue weighted by Gasteiger charge is 2.12. The highest BCUT2D eigenvalue weighted by atomic mass is 32.1. The molecular formula is C18H17N3O4S. The van der Waals surface area contributed by atoms with Crippen molar-refractivity contribution < 1.29 is 14.3 Å². The Labute approximate surface area is 153 Å². The number of thiophene rings is 1. The lowest BCUT2D eigenvalue weighted by Gasteiger charge is -2.18. The van der Waals surface area contributed by atoms with E-state index in [1.807, 2.05) is 23.6 Å². The second-order valence-electron chi connectivity index (χ2n) is 5.90. The number of hydrogen-bond donors (Lipinski definition) is 1. The van der Waals surface area contributed by atoms with E-state index in [0.29, 0.717) is 36.4 Å². The van der Waals surface area contributed by atoms with Crippen LogP contribution in [0.25, 0.3) is 10.2 Å². The molecule has 0 unspecified atom stereocenters. The summed E-state index contributed by atoms with van der Waals surface area (Å²) in [5, 5.41) is 5.19. The summed E-state index contributed by atoms with van der Waals surface area (Å²) in [6, 6.07) is 7.50. The topological polar surface area (TPSA) is 82.5 Å². The molecule has 0 radical (unpaired) electrons. The molecule has 0 fully saturated rings. The SMILES string of the molecule is O=C(Cn1cnc2sccc2c1=O)NCCc1ccc2c(c1)OCCO2. The van der Waals surface area contributed by atoms with E-state index in [1.165, 1.54) is 22.2 Å². The molecule has 0 spiro atoms. The van der Waals surface area contributed by atoms with Crippen LogP contribution in [0.1, 0.15) is 5.56 Å². The summed E-state index contributed by atoms with van der Waals surface area (Å²) in [4.78, 5) is 29.3. The van der Waals surface area contributed by atoms with Crippen molar-refractivity contribution in [3.05, 3.63) is 51.9 Å². The molecule has 3 heterocycles. The van der Waals surface area contributed by atoms with Gasteiger partial charge in [0.05, 0.1) is 11.7 Å². The fraction of sp³-hybridized carbons (Fsp3) is 0.278. The van der Waals surface area contributed by atoms with Gasteiger partial charge in [0.1, 0.15) is 24.6 Å². The lowest BCUT2D eigenvalue weighted by Crippen LogP contribution is -2.33. The van der Waals surface area contributed by atoms with Crippen LogP contribution in [0, 0.1) is 0 Å². The van der Waals surface area contributed by atoms with Crippen LogP contribution in [-0.2, 0) is 17.8 Å². The van der Waals surface area contributed by atoms with E-state index >= 15 is 0 Å². The highest BCUT2D eigenvalue weighted by molar-refractivity contribution is 7.16. The second kappa shape index (κ2) is 7.17. The van der Waals surface area contributed by atoms with E-state index in [0.717, 1.165) is 17.1 Å².